The van der Waals surface area contributed by atoms with E-state index in [1.165, 1.54) is 12.3 Å². The maximum absolute atomic E-state index is 11.8. The van der Waals surface area contributed by atoms with Crippen molar-refractivity contribution in [1.82, 2.24) is 4.98 Å². The molecule has 3 nitrogen and oxygen atoms in total. The summed E-state index contributed by atoms with van der Waals surface area (Å²) in [7, 11) is -0.636. The summed E-state index contributed by atoms with van der Waals surface area (Å²) in [5.41, 5.74) is 0.836. The standard InChI is InChI=1S/C17H19NO2Si/c1-20-17(19)13-16(15-11-7-8-12-18-15)21(2,3)14-9-5-4-6-10-14/h4-13H,1-3H3/b16-13+. The molecule has 0 N–H and O–H groups in total. The van der Waals surface area contributed by atoms with Crippen molar-refractivity contribution in [1.29, 1.82) is 0 Å². The van der Waals surface area contributed by atoms with Crippen molar-refractivity contribution in [2.24, 2.45) is 0 Å². The zero-order valence-electron chi connectivity index (χ0n) is 12.5. The van der Waals surface area contributed by atoms with Crippen molar-refractivity contribution in [2.45, 2.75) is 13.1 Å². The second-order valence-electron chi connectivity index (χ2n) is 5.29. The van der Waals surface area contributed by atoms with Crippen LogP contribution in [0.1, 0.15) is 5.69 Å². The number of benzene rings is 1. The van der Waals surface area contributed by atoms with E-state index in [0.29, 0.717) is 0 Å². The van der Waals surface area contributed by atoms with Gasteiger partial charge in [-0.3, -0.25) is 4.98 Å². The highest BCUT2D eigenvalue weighted by Crippen LogP contribution is 2.24. The van der Waals surface area contributed by atoms with Crippen molar-refractivity contribution < 1.29 is 9.53 Å². The van der Waals surface area contributed by atoms with Crippen molar-refractivity contribution in [3.8, 4) is 0 Å². The Kier molecular flexibility index (Phi) is 4.70. The minimum atomic E-state index is -2.03. The zero-order chi connectivity index (χ0) is 15.3. The minimum absolute atomic E-state index is 0.341. The van der Waals surface area contributed by atoms with Gasteiger partial charge in [0, 0.05) is 12.3 Å². The summed E-state index contributed by atoms with van der Waals surface area (Å²) < 4.78 is 4.81. The third-order valence-electron chi connectivity index (χ3n) is 3.57. The van der Waals surface area contributed by atoms with Crippen molar-refractivity contribution in [3.05, 3.63) is 66.5 Å². The first-order valence-corrected chi connectivity index (χ1v) is 9.83. The second-order valence-corrected chi connectivity index (χ2v) is 9.65. The van der Waals surface area contributed by atoms with E-state index in [1.54, 1.807) is 12.3 Å². The normalized spacial score (nSPS) is 12.0. The maximum atomic E-state index is 11.8. The predicted octanol–water partition coefficient (Wildman–Crippen LogP) is 2.79. The average Bonchev–Trinajstić information content (AvgIpc) is 2.53. The van der Waals surface area contributed by atoms with Crippen LogP contribution in [-0.2, 0) is 9.53 Å². The molecular weight excluding hydrogens is 278 g/mol. The molecule has 1 heterocycles. The molecule has 2 aromatic rings. The molecule has 0 aliphatic rings. The summed E-state index contributed by atoms with van der Waals surface area (Å²) in [6.45, 7) is 4.43. The van der Waals surface area contributed by atoms with Crippen LogP contribution < -0.4 is 5.19 Å². The zero-order valence-corrected chi connectivity index (χ0v) is 13.5. The molecule has 0 amide bonds. The SMILES string of the molecule is COC(=O)/C=C(\c1ccccn1)[Si](C)(C)c1ccccc1. The van der Waals surface area contributed by atoms with E-state index in [9.17, 15) is 4.79 Å². The summed E-state index contributed by atoms with van der Waals surface area (Å²) in [6, 6.07) is 16.0. The summed E-state index contributed by atoms with van der Waals surface area (Å²) in [5, 5.41) is 2.23. The molecule has 0 saturated heterocycles. The van der Waals surface area contributed by atoms with Gasteiger partial charge in [0.2, 0.25) is 0 Å². The highest BCUT2D eigenvalue weighted by molar-refractivity contribution is 7.04. The Hall–Kier alpha value is -2.20. The van der Waals surface area contributed by atoms with Gasteiger partial charge in [-0.05, 0) is 17.3 Å². The number of nitrogens with zero attached hydrogens (tertiary/aromatic N) is 1. The number of hydrogen-bond donors (Lipinski definition) is 0. The fraction of sp³-hybridized carbons (Fsp3) is 0.176. The van der Waals surface area contributed by atoms with Crippen LogP contribution >= 0.6 is 0 Å². The molecule has 108 valence electrons. The molecule has 0 aliphatic heterocycles. The van der Waals surface area contributed by atoms with E-state index in [2.05, 4.69) is 30.2 Å². The lowest BCUT2D eigenvalue weighted by Gasteiger charge is -2.26. The van der Waals surface area contributed by atoms with Gasteiger partial charge in [0.25, 0.3) is 0 Å². The Labute approximate surface area is 126 Å². The molecule has 0 bridgehead atoms. The number of methoxy groups -OCH3 is 1. The van der Waals surface area contributed by atoms with E-state index >= 15 is 0 Å². The molecule has 0 unspecified atom stereocenters. The van der Waals surface area contributed by atoms with E-state index in [0.717, 1.165) is 10.9 Å². The lowest BCUT2D eigenvalue weighted by Crippen LogP contribution is -2.43. The van der Waals surface area contributed by atoms with Crippen LogP contribution in [0.5, 0.6) is 0 Å². The third-order valence-corrected chi connectivity index (χ3v) is 7.10. The first-order chi connectivity index (χ1) is 10.1. The van der Waals surface area contributed by atoms with E-state index in [4.69, 9.17) is 4.74 Å². The van der Waals surface area contributed by atoms with Gasteiger partial charge in [-0.25, -0.2) is 4.79 Å². The summed E-state index contributed by atoms with van der Waals surface area (Å²) >= 11 is 0. The van der Waals surface area contributed by atoms with Gasteiger partial charge in [-0.15, -0.1) is 0 Å². The van der Waals surface area contributed by atoms with Crippen LogP contribution in [0.2, 0.25) is 13.1 Å². The van der Waals surface area contributed by atoms with Crippen LogP contribution in [0.15, 0.2) is 60.8 Å². The van der Waals surface area contributed by atoms with Crippen molar-refractivity contribution in [2.75, 3.05) is 7.11 Å². The van der Waals surface area contributed by atoms with Gasteiger partial charge in [0.05, 0.1) is 12.8 Å². The molecule has 2 rings (SSSR count). The number of hydrogen-bond acceptors (Lipinski definition) is 3. The van der Waals surface area contributed by atoms with Gasteiger partial charge in [-0.2, -0.15) is 0 Å². The number of pyridine rings is 1. The molecule has 0 fully saturated rings. The smallest absolute Gasteiger partial charge is 0.330 e. The van der Waals surface area contributed by atoms with Crippen molar-refractivity contribution >= 4 is 24.4 Å². The predicted molar refractivity (Wildman–Crippen MR) is 87.8 cm³/mol. The molecule has 0 aliphatic carbocycles. The molecule has 0 spiro atoms. The van der Waals surface area contributed by atoms with Crippen LogP contribution in [-0.4, -0.2) is 26.1 Å². The summed E-state index contributed by atoms with van der Waals surface area (Å²) in [5.74, 6) is -0.341. The Morgan fingerprint density at radius 3 is 2.33 bits per heavy atom. The summed E-state index contributed by atoms with van der Waals surface area (Å²) in [6.07, 6.45) is 3.33. The van der Waals surface area contributed by atoms with Crippen LogP contribution in [0.25, 0.3) is 5.20 Å². The monoisotopic (exact) mass is 297 g/mol. The molecule has 0 atom stereocenters. The van der Waals surface area contributed by atoms with E-state index in [1.807, 2.05) is 36.4 Å². The Morgan fingerprint density at radius 1 is 1.10 bits per heavy atom. The summed E-state index contributed by atoms with van der Waals surface area (Å²) in [4.78, 5) is 16.2. The lowest BCUT2D eigenvalue weighted by atomic mass is 10.3. The molecule has 21 heavy (non-hydrogen) atoms. The number of carbonyl (C=O) groups excluding carboxylic acids is 1. The van der Waals surface area contributed by atoms with Crippen LogP contribution in [0.4, 0.5) is 0 Å². The minimum Gasteiger partial charge on any atom is -0.466 e. The first-order valence-electron chi connectivity index (χ1n) is 6.83. The number of esters is 1. The highest BCUT2D eigenvalue weighted by Gasteiger charge is 2.30. The van der Waals surface area contributed by atoms with Gasteiger partial charge >= 0.3 is 5.97 Å². The van der Waals surface area contributed by atoms with E-state index in [-0.39, 0.29) is 5.97 Å². The Bertz CT molecular complexity index is 636. The quantitative estimate of drug-likeness (QED) is 0.495. The van der Waals surface area contributed by atoms with E-state index < -0.39 is 8.07 Å². The van der Waals surface area contributed by atoms with Gasteiger partial charge < -0.3 is 4.74 Å². The molecule has 4 heteroatoms. The average molecular weight is 297 g/mol. The maximum Gasteiger partial charge on any atom is 0.330 e. The largest absolute Gasteiger partial charge is 0.466 e. The molecule has 1 aromatic heterocycles. The molecule has 0 radical (unpaired) electrons. The topological polar surface area (TPSA) is 39.2 Å². The second kappa shape index (κ2) is 6.50. The Balaban J connectivity index is 2.55. The number of carbonyl (C=O) groups is 1. The van der Waals surface area contributed by atoms with Crippen molar-refractivity contribution in [3.63, 3.8) is 0 Å². The highest BCUT2D eigenvalue weighted by atomic mass is 28.3. The van der Waals surface area contributed by atoms with Gasteiger partial charge in [-0.1, -0.05) is 54.7 Å². The number of ether oxygens (including phenoxy) is 1. The third kappa shape index (κ3) is 3.47. The van der Waals surface area contributed by atoms with Crippen LogP contribution in [0.3, 0.4) is 0 Å². The molecule has 0 saturated carbocycles. The number of rotatable bonds is 4. The number of aromatic nitrogens is 1. The fourth-order valence-electron chi connectivity index (χ4n) is 2.28. The first kappa shape index (κ1) is 15.2. The fourth-order valence-corrected chi connectivity index (χ4v) is 4.89. The van der Waals surface area contributed by atoms with Gasteiger partial charge in [0.15, 0.2) is 0 Å². The molecular formula is C17H19NO2Si. The van der Waals surface area contributed by atoms with Crippen LogP contribution in [0, 0.1) is 0 Å². The molecule has 1 aromatic carbocycles. The van der Waals surface area contributed by atoms with Gasteiger partial charge in [0.1, 0.15) is 8.07 Å². The Morgan fingerprint density at radius 2 is 1.76 bits per heavy atom. The lowest BCUT2D eigenvalue weighted by molar-refractivity contribution is -0.134.